The molecule has 3 rings (SSSR count). The number of ether oxygens (including phenoxy) is 1. The maximum absolute atomic E-state index is 5.42. The molecule has 0 unspecified atom stereocenters. The molecule has 1 aliphatic carbocycles. The fourth-order valence-electron chi connectivity index (χ4n) is 4.01. The predicted molar refractivity (Wildman–Crippen MR) is 120 cm³/mol. The van der Waals surface area contributed by atoms with Crippen LogP contribution in [0.4, 0.5) is 0 Å². The van der Waals surface area contributed by atoms with Crippen molar-refractivity contribution in [3.8, 4) is 0 Å². The summed E-state index contributed by atoms with van der Waals surface area (Å²) in [5, 5.41) is 3.52. The molecule has 2 aliphatic rings. The van der Waals surface area contributed by atoms with Gasteiger partial charge in [-0.25, -0.2) is 0 Å². The summed E-state index contributed by atoms with van der Waals surface area (Å²) in [4.78, 5) is 9.85. The summed E-state index contributed by atoms with van der Waals surface area (Å²) in [7, 11) is 1.72. The van der Waals surface area contributed by atoms with E-state index in [0.717, 1.165) is 56.9 Å². The van der Waals surface area contributed by atoms with Crippen molar-refractivity contribution in [2.75, 3.05) is 53.0 Å². The van der Waals surface area contributed by atoms with E-state index in [2.05, 4.69) is 15.1 Å². The van der Waals surface area contributed by atoms with Gasteiger partial charge >= 0.3 is 0 Å². The number of furan rings is 1. The van der Waals surface area contributed by atoms with Crippen molar-refractivity contribution in [3.63, 3.8) is 0 Å². The summed E-state index contributed by atoms with van der Waals surface area (Å²) in [6.45, 7) is 6.59. The average molecular weight is 490 g/mol. The summed E-state index contributed by atoms with van der Waals surface area (Å²) >= 11 is 0. The molecule has 1 aliphatic heterocycles. The highest BCUT2D eigenvalue weighted by atomic mass is 127. The second kappa shape index (κ2) is 12.6. The summed E-state index contributed by atoms with van der Waals surface area (Å²) in [5.74, 6) is 2.02. The second-order valence-corrected chi connectivity index (χ2v) is 7.27. The first-order chi connectivity index (χ1) is 12.9. The van der Waals surface area contributed by atoms with Gasteiger partial charge in [0.2, 0.25) is 0 Å². The molecule has 1 saturated heterocycles. The quantitative estimate of drug-likeness (QED) is 0.276. The monoisotopic (exact) mass is 490 g/mol. The topological polar surface area (TPSA) is 53.2 Å². The zero-order valence-corrected chi connectivity index (χ0v) is 18.9. The van der Waals surface area contributed by atoms with Crippen LogP contribution in [0.3, 0.4) is 0 Å². The van der Waals surface area contributed by atoms with Crippen LogP contribution in [0.1, 0.15) is 37.9 Å². The van der Waals surface area contributed by atoms with Crippen LogP contribution in [0.25, 0.3) is 0 Å². The van der Waals surface area contributed by atoms with Gasteiger partial charge < -0.3 is 19.4 Å². The Labute approximate surface area is 180 Å². The number of nitrogens with zero attached hydrogens (tertiary/aromatic N) is 3. The largest absolute Gasteiger partial charge is 0.469 e. The zero-order chi connectivity index (χ0) is 18.0. The Bertz CT molecular complexity index is 524. The van der Waals surface area contributed by atoms with Crippen LogP contribution in [-0.2, 0) is 11.2 Å². The first-order valence-electron chi connectivity index (χ1n) is 10.2. The number of guanidine groups is 1. The molecule has 1 N–H and O–H groups in total. The van der Waals surface area contributed by atoms with Gasteiger partial charge in [0.25, 0.3) is 0 Å². The molecule has 0 spiro atoms. The van der Waals surface area contributed by atoms with Crippen molar-refractivity contribution in [2.45, 2.75) is 44.6 Å². The van der Waals surface area contributed by atoms with Crippen LogP contribution in [0.15, 0.2) is 27.8 Å². The van der Waals surface area contributed by atoms with Crippen LogP contribution < -0.4 is 5.32 Å². The fraction of sp³-hybridized carbons (Fsp3) is 0.750. The average Bonchev–Trinajstić information content (AvgIpc) is 3.21. The van der Waals surface area contributed by atoms with E-state index in [9.17, 15) is 0 Å². The fourth-order valence-corrected chi connectivity index (χ4v) is 4.01. The normalized spacial score (nSPS) is 19.7. The van der Waals surface area contributed by atoms with Crippen molar-refractivity contribution in [3.05, 3.63) is 24.2 Å². The lowest BCUT2D eigenvalue weighted by Gasteiger charge is -2.41. The van der Waals surface area contributed by atoms with E-state index in [0.29, 0.717) is 13.2 Å². The van der Waals surface area contributed by atoms with Gasteiger partial charge in [-0.15, -0.1) is 24.0 Å². The highest BCUT2D eigenvalue weighted by molar-refractivity contribution is 14.0. The van der Waals surface area contributed by atoms with Gasteiger partial charge in [-0.3, -0.25) is 9.89 Å². The smallest absolute Gasteiger partial charge is 0.194 e. The van der Waals surface area contributed by atoms with Crippen molar-refractivity contribution in [1.82, 2.24) is 15.1 Å². The highest BCUT2D eigenvalue weighted by Crippen LogP contribution is 2.23. The van der Waals surface area contributed by atoms with E-state index < -0.39 is 0 Å². The number of aliphatic imine (C=N–C) groups is 1. The highest BCUT2D eigenvalue weighted by Gasteiger charge is 2.26. The van der Waals surface area contributed by atoms with E-state index in [1.54, 1.807) is 13.4 Å². The molecule has 2 fully saturated rings. The van der Waals surface area contributed by atoms with Gasteiger partial charge in [0.1, 0.15) is 5.76 Å². The van der Waals surface area contributed by atoms with Crippen LogP contribution in [0.5, 0.6) is 0 Å². The molecule has 1 aromatic rings. The number of piperazine rings is 1. The number of hydrogen-bond acceptors (Lipinski definition) is 4. The molecule has 2 heterocycles. The molecular formula is C20H35IN4O2. The van der Waals surface area contributed by atoms with E-state index in [4.69, 9.17) is 14.1 Å². The molecule has 154 valence electrons. The van der Waals surface area contributed by atoms with Gasteiger partial charge in [-0.2, -0.15) is 0 Å². The maximum atomic E-state index is 5.42. The number of nitrogens with one attached hydrogen (secondary N) is 1. The summed E-state index contributed by atoms with van der Waals surface area (Å²) in [6, 6.07) is 4.77. The summed E-state index contributed by atoms with van der Waals surface area (Å²) in [6.07, 6.45) is 9.61. The molecule has 1 saturated carbocycles. The summed E-state index contributed by atoms with van der Waals surface area (Å²) < 4.78 is 10.6. The van der Waals surface area contributed by atoms with E-state index in [-0.39, 0.29) is 24.0 Å². The van der Waals surface area contributed by atoms with E-state index in [1.165, 1.54) is 32.1 Å². The van der Waals surface area contributed by atoms with Crippen molar-refractivity contribution in [2.24, 2.45) is 4.99 Å². The predicted octanol–water partition coefficient (Wildman–Crippen LogP) is 2.98. The van der Waals surface area contributed by atoms with Crippen LogP contribution in [0.2, 0.25) is 0 Å². The minimum atomic E-state index is 0. The molecule has 0 amide bonds. The van der Waals surface area contributed by atoms with Crippen LogP contribution in [0, 0.1) is 0 Å². The van der Waals surface area contributed by atoms with Gasteiger partial charge in [-0.05, 0) is 25.0 Å². The van der Waals surface area contributed by atoms with Gasteiger partial charge in [0.15, 0.2) is 5.96 Å². The Kier molecular flexibility index (Phi) is 10.5. The maximum Gasteiger partial charge on any atom is 0.194 e. The first kappa shape index (κ1) is 22.5. The minimum absolute atomic E-state index is 0. The molecule has 27 heavy (non-hydrogen) atoms. The Morgan fingerprint density at radius 1 is 1.22 bits per heavy atom. The first-order valence-corrected chi connectivity index (χ1v) is 10.2. The van der Waals surface area contributed by atoms with Crippen LogP contribution >= 0.6 is 24.0 Å². The Morgan fingerprint density at radius 2 is 2.00 bits per heavy atom. The van der Waals surface area contributed by atoms with Gasteiger partial charge in [0.05, 0.1) is 19.4 Å². The third kappa shape index (κ3) is 7.27. The SMILES string of the molecule is COCCN=C(NCCc1ccco1)N1CCN(C2CCCCC2)CC1.I. The number of halogens is 1. The Morgan fingerprint density at radius 3 is 2.67 bits per heavy atom. The van der Waals surface area contributed by atoms with E-state index in [1.807, 2.05) is 12.1 Å². The number of rotatable bonds is 7. The standard InChI is InChI=1S/C20H34N4O2.HI/c1-25-17-11-22-20(21-10-9-19-8-5-16-26-19)24-14-12-23(13-15-24)18-6-3-2-4-7-18;/h5,8,16,18H,2-4,6-7,9-15,17H2,1H3,(H,21,22);1H. The molecule has 6 nitrogen and oxygen atoms in total. The third-order valence-corrected chi connectivity index (χ3v) is 5.50. The lowest BCUT2D eigenvalue weighted by molar-refractivity contribution is 0.105. The molecule has 7 heteroatoms. The molecule has 0 atom stereocenters. The van der Waals surface area contributed by atoms with Crippen molar-refractivity contribution < 1.29 is 9.15 Å². The lowest BCUT2D eigenvalue weighted by Crippen LogP contribution is -2.55. The summed E-state index contributed by atoms with van der Waals surface area (Å²) in [5.41, 5.74) is 0. The zero-order valence-electron chi connectivity index (χ0n) is 16.6. The second-order valence-electron chi connectivity index (χ2n) is 7.27. The van der Waals surface area contributed by atoms with Crippen molar-refractivity contribution in [1.29, 1.82) is 0 Å². The van der Waals surface area contributed by atoms with E-state index >= 15 is 0 Å². The molecule has 0 radical (unpaired) electrons. The molecular weight excluding hydrogens is 455 g/mol. The molecule has 0 aromatic carbocycles. The number of methoxy groups -OCH3 is 1. The molecule has 0 bridgehead atoms. The third-order valence-electron chi connectivity index (χ3n) is 5.50. The van der Waals surface area contributed by atoms with Gasteiger partial charge in [-0.1, -0.05) is 19.3 Å². The van der Waals surface area contributed by atoms with Crippen LogP contribution in [-0.4, -0.2) is 74.8 Å². The Hall–Kier alpha value is -0.800. The van der Waals surface area contributed by atoms with Crippen molar-refractivity contribution >= 4 is 29.9 Å². The lowest BCUT2D eigenvalue weighted by atomic mass is 9.94. The molecule has 1 aromatic heterocycles. The Balaban J connectivity index is 0.00000261. The van der Waals surface area contributed by atoms with Gasteiger partial charge in [0, 0.05) is 52.3 Å². The number of hydrogen-bond donors (Lipinski definition) is 1. The minimum Gasteiger partial charge on any atom is -0.469 e.